The van der Waals surface area contributed by atoms with E-state index >= 15 is 0 Å². The Morgan fingerprint density at radius 1 is 1.20 bits per heavy atom. The topological polar surface area (TPSA) is 41.1 Å². The zero-order valence-electron chi connectivity index (χ0n) is 12.4. The van der Waals surface area contributed by atoms with Crippen molar-refractivity contribution >= 4 is 21.7 Å². The summed E-state index contributed by atoms with van der Waals surface area (Å²) in [5.41, 5.74) is 0. The molecule has 20 heavy (non-hydrogen) atoms. The number of hydrogen-bond donors (Lipinski definition) is 1. The van der Waals surface area contributed by atoms with Crippen molar-refractivity contribution < 1.29 is 0 Å². The minimum Gasteiger partial charge on any atom is -0.369 e. The van der Waals surface area contributed by atoms with Crippen LogP contribution in [-0.2, 0) is 6.42 Å². The Morgan fingerprint density at radius 3 is 2.65 bits per heavy atom. The lowest BCUT2D eigenvalue weighted by atomic mass is 10.2. The summed E-state index contributed by atoms with van der Waals surface area (Å²) in [6, 6.07) is 1.96. The summed E-state index contributed by atoms with van der Waals surface area (Å²) in [6.45, 7) is 6.70. The molecule has 1 aromatic heterocycles. The van der Waals surface area contributed by atoms with E-state index < -0.39 is 0 Å². The molecule has 1 aliphatic rings. The van der Waals surface area contributed by atoms with Crippen molar-refractivity contribution in [1.82, 2.24) is 14.9 Å². The molecule has 2 heterocycles. The molecule has 1 fully saturated rings. The van der Waals surface area contributed by atoms with Crippen molar-refractivity contribution in [2.45, 2.75) is 45.4 Å². The highest BCUT2D eigenvalue weighted by atomic mass is 79.9. The SMILES string of the molecule is CCCc1nc(Br)cc(NCCN2CCCCCC2)n1. The second kappa shape index (κ2) is 8.57. The van der Waals surface area contributed by atoms with Gasteiger partial charge in [-0.05, 0) is 48.3 Å². The molecule has 0 radical (unpaired) electrons. The van der Waals surface area contributed by atoms with E-state index in [-0.39, 0.29) is 0 Å². The maximum absolute atomic E-state index is 4.55. The van der Waals surface area contributed by atoms with Crippen molar-refractivity contribution in [2.75, 3.05) is 31.5 Å². The van der Waals surface area contributed by atoms with Gasteiger partial charge in [0.25, 0.3) is 0 Å². The van der Waals surface area contributed by atoms with Gasteiger partial charge in [0.05, 0.1) is 0 Å². The molecular weight excluding hydrogens is 316 g/mol. The predicted octanol–water partition coefficient (Wildman–Crippen LogP) is 3.48. The molecule has 0 aromatic carbocycles. The minimum absolute atomic E-state index is 0.869. The Hall–Kier alpha value is -0.680. The maximum atomic E-state index is 4.55. The van der Waals surface area contributed by atoms with Gasteiger partial charge in [0.15, 0.2) is 0 Å². The second-order valence-electron chi connectivity index (χ2n) is 5.42. The van der Waals surface area contributed by atoms with Crippen LogP contribution in [0.1, 0.15) is 44.9 Å². The van der Waals surface area contributed by atoms with E-state index in [0.29, 0.717) is 0 Å². The first-order valence-electron chi connectivity index (χ1n) is 7.77. The number of rotatable bonds is 6. The molecule has 4 nitrogen and oxygen atoms in total. The summed E-state index contributed by atoms with van der Waals surface area (Å²) in [5.74, 6) is 1.85. The first kappa shape index (κ1) is 15.7. The molecule has 1 aromatic rings. The van der Waals surface area contributed by atoms with Gasteiger partial charge in [0.1, 0.15) is 16.2 Å². The van der Waals surface area contributed by atoms with Crippen LogP contribution < -0.4 is 5.32 Å². The summed E-state index contributed by atoms with van der Waals surface area (Å²) in [4.78, 5) is 11.5. The molecule has 0 amide bonds. The number of aromatic nitrogens is 2. The van der Waals surface area contributed by atoms with Crippen LogP contribution in [0.2, 0.25) is 0 Å². The molecule has 0 saturated carbocycles. The average Bonchev–Trinajstić information content (AvgIpc) is 2.67. The molecule has 0 atom stereocenters. The smallest absolute Gasteiger partial charge is 0.132 e. The number of likely N-dealkylation sites (tertiary alicyclic amines) is 1. The summed E-state index contributed by atoms with van der Waals surface area (Å²) in [5, 5.41) is 3.43. The first-order valence-corrected chi connectivity index (χ1v) is 8.57. The normalized spacial score (nSPS) is 16.9. The molecule has 1 saturated heterocycles. The Labute approximate surface area is 130 Å². The Kier molecular flexibility index (Phi) is 6.73. The van der Waals surface area contributed by atoms with E-state index in [2.05, 4.69) is 43.0 Å². The van der Waals surface area contributed by atoms with E-state index in [9.17, 15) is 0 Å². The zero-order valence-corrected chi connectivity index (χ0v) is 14.0. The predicted molar refractivity (Wildman–Crippen MR) is 87.1 cm³/mol. The largest absolute Gasteiger partial charge is 0.369 e. The van der Waals surface area contributed by atoms with E-state index in [4.69, 9.17) is 0 Å². The van der Waals surface area contributed by atoms with Crippen LogP contribution in [0.4, 0.5) is 5.82 Å². The molecule has 2 rings (SSSR count). The average molecular weight is 341 g/mol. The summed E-state index contributed by atoms with van der Waals surface area (Å²) < 4.78 is 0.869. The van der Waals surface area contributed by atoms with Crippen molar-refractivity contribution in [3.63, 3.8) is 0 Å². The van der Waals surface area contributed by atoms with Gasteiger partial charge < -0.3 is 10.2 Å². The van der Waals surface area contributed by atoms with E-state index in [1.807, 2.05) is 6.07 Å². The van der Waals surface area contributed by atoms with Crippen molar-refractivity contribution in [3.05, 3.63) is 16.5 Å². The second-order valence-corrected chi connectivity index (χ2v) is 6.24. The van der Waals surface area contributed by atoms with Crippen LogP contribution >= 0.6 is 15.9 Å². The molecule has 0 bridgehead atoms. The van der Waals surface area contributed by atoms with Crippen molar-refractivity contribution in [1.29, 1.82) is 0 Å². The third-order valence-corrected chi connectivity index (χ3v) is 4.05. The quantitative estimate of drug-likeness (QED) is 0.805. The van der Waals surface area contributed by atoms with Gasteiger partial charge in [-0.2, -0.15) is 0 Å². The first-order chi connectivity index (χ1) is 9.78. The van der Waals surface area contributed by atoms with Gasteiger partial charge in [-0.3, -0.25) is 0 Å². The van der Waals surface area contributed by atoms with Crippen molar-refractivity contribution in [2.24, 2.45) is 0 Å². The zero-order chi connectivity index (χ0) is 14.2. The Morgan fingerprint density at radius 2 is 1.95 bits per heavy atom. The minimum atomic E-state index is 0.869. The van der Waals surface area contributed by atoms with Crippen LogP contribution in [0, 0.1) is 0 Å². The van der Waals surface area contributed by atoms with Crippen molar-refractivity contribution in [3.8, 4) is 0 Å². The van der Waals surface area contributed by atoms with Gasteiger partial charge in [-0.15, -0.1) is 0 Å². The summed E-state index contributed by atoms with van der Waals surface area (Å²) >= 11 is 3.46. The van der Waals surface area contributed by atoms with E-state index in [1.54, 1.807) is 0 Å². The van der Waals surface area contributed by atoms with E-state index in [0.717, 1.165) is 42.2 Å². The number of aryl methyl sites for hydroxylation is 1. The highest BCUT2D eigenvalue weighted by Gasteiger charge is 2.08. The Bertz CT molecular complexity index is 403. The fourth-order valence-electron chi connectivity index (χ4n) is 2.59. The lowest BCUT2D eigenvalue weighted by Crippen LogP contribution is -2.30. The molecule has 0 aliphatic carbocycles. The van der Waals surface area contributed by atoms with Crippen LogP contribution in [0.3, 0.4) is 0 Å². The Balaban J connectivity index is 1.80. The maximum Gasteiger partial charge on any atom is 0.132 e. The number of hydrogen-bond acceptors (Lipinski definition) is 4. The third-order valence-electron chi connectivity index (χ3n) is 3.65. The van der Waals surface area contributed by atoms with E-state index in [1.165, 1.54) is 38.8 Å². The molecule has 5 heteroatoms. The summed E-state index contributed by atoms with van der Waals surface area (Å²) in [7, 11) is 0. The molecule has 1 aliphatic heterocycles. The molecule has 1 N–H and O–H groups in total. The van der Waals surface area contributed by atoms with Crippen LogP contribution in [0.5, 0.6) is 0 Å². The van der Waals surface area contributed by atoms with Gasteiger partial charge in [-0.25, -0.2) is 9.97 Å². The van der Waals surface area contributed by atoms with Crippen LogP contribution in [0.15, 0.2) is 10.7 Å². The van der Waals surface area contributed by atoms with Crippen LogP contribution in [0.25, 0.3) is 0 Å². The summed E-state index contributed by atoms with van der Waals surface area (Å²) in [6.07, 6.45) is 7.48. The monoisotopic (exact) mass is 340 g/mol. The van der Waals surface area contributed by atoms with Gasteiger partial charge >= 0.3 is 0 Å². The van der Waals surface area contributed by atoms with Gasteiger partial charge in [0.2, 0.25) is 0 Å². The van der Waals surface area contributed by atoms with Gasteiger partial charge in [0, 0.05) is 25.6 Å². The highest BCUT2D eigenvalue weighted by Crippen LogP contribution is 2.13. The highest BCUT2D eigenvalue weighted by molar-refractivity contribution is 9.10. The molecule has 0 unspecified atom stereocenters. The molecular formula is C15H25BrN4. The molecule has 112 valence electrons. The fourth-order valence-corrected chi connectivity index (χ4v) is 3.01. The fraction of sp³-hybridized carbons (Fsp3) is 0.733. The standard InChI is InChI=1S/C15H25BrN4/c1-2-7-14-18-13(16)12-15(19-14)17-8-11-20-9-5-3-4-6-10-20/h12H,2-11H2,1H3,(H,17,18,19). The molecule has 0 spiro atoms. The van der Waals surface area contributed by atoms with Crippen LogP contribution in [-0.4, -0.2) is 41.0 Å². The third kappa shape index (κ3) is 5.37. The number of nitrogens with zero attached hydrogens (tertiary/aromatic N) is 3. The number of nitrogens with one attached hydrogen (secondary N) is 1. The lowest BCUT2D eigenvalue weighted by molar-refractivity contribution is 0.296. The van der Waals surface area contributed by atoms with Gasteiger partial charge in [-0.1, -0.05) is 19.8 Å². The number of halogens is 1. The number of anilines is 1. The lowest BCUT2D eigenvalue weighted by Gasteiger charge is -2.20.